The zero-order valence-corrected chi connectivity index (χ0v) is 13.4. The molecular formula is C11H24N2O4S2. The Morgan fingerprint density at radius 1 is 1.21 bits per heavy atom. The summed E-state index contributed by atoms with van der Waals surface area (Å²) >= 11 is 0. The average Bonchev–Trinajstić information content (AvgIpc) is 2.26. The normalized spacial score (nSPS) is 22.4. The Labute approximate surface area is 116 Å². The van der Waals surface area contributed by atoms with Crippen LogP contribution in [0.3, 0.4) is 0 Å². The summed E-state index contributed by atoms with van der Waals surface area (Å²) in [5.74, 6) is 0.00679. The van der Waals surface area contributed by atoms with E-state index in [1.54, 1.807) is 0 Å². The number of rotatable bonds is 6. The van der Waals surface area contributed by atoms with Crippen LogP contribution in [0.1, 0.15) is 33.1 Å². The fourth-order valence-electron chi connectivity index (χ4n) is 1.80. The van der Waals surface area contributed by atoms with E-state index in [0.29, 0.717) is 0 Å². The molecule has 0 aromatic heterocycles. The molecular weight excluding hydrogens is 288 g/mol. The van der Waals surface area contributed by atoms with E-state index in [1.807, 2.05) is 0 Å². The van der Waals surface area contributed by atoms with Gasteiger partial charge in [-0.25, -0.2) is 21.6 Å². The molecule has 0 aliphatic carbocycles. The van der Waals surface area contributed by atoms with Gasteiger partial charge in [0, 0.05) is 18.8 Å². The standard InChI is InChI=1S/C11H24N2O4S2/c1-11(2,18(3,14)15)9-13-19(16,17)8-10-6-4-5-7-12-10/h10,12-13H,4-9H2,1-3H3. The van der Waals surface area contributed by atoms with Crippen molar-refractivity contribution in [1.29, 1.82) is 0 Å². The van der Waals surface area contributed by atoms with Gasteiger partial charge < -0.3 is 5.32 Å². The number of nitrogens with one attached hydrogen (secondary N) is 2. The highest BCUT2D eigenvalue weighted by molar-refractivity contribution is 7.92. The summed E-state index contributed by atoms with van der Waals surface area (Å²) in [6.07, 6.45) is 4.06. The molecule has 1 unspecified atom stereocenters. The lowest BCUT2D eigenvalue weighted by Gasteiger charge is -2.25. The molecule has 19 heavy (non-hydrogen) atoms. The zero-order chi connectivity index (χ0) is 14.7. The SMILES string of the molecule is CC(C)(CNS(=O)(=O)CC1CCCCN1)S(C)(=O)=O. The minimum Gasteiger partial charge on any atom is -0.313 e. The Bertz CT molecular complexity index is 491. The maximum absolute atomic E-state index is 11.9. The van der Waals surface area contributed by atoms with Crippen LogP contribution in [-0.4, -0.2) is 52.7 Å². The van der Waals surface area contributed by atoms with Crippen molar-refractivity contribution in [3.05, 3.63) is 0 Å². The summed E-state index contributed by atoms with van der Waals surface area (Å²) < 4.78 is 48.2. The van der Waals surface area contributed by atoms with E-state index in [1.165, 1.54) is 13.8 Å². The van der Waals surface area contributed by atoms with Crippen molar-refractivity contribution in [3.8, 4) is 0 Å². The lowest BCUT2D eigenvalue weighted by Crippen LogP contribution is -2.47. The molecule has 2 N–H and O–H groups in total. The number of sulfone groups is 1. The lowest BCUT2D eigenvalue weighted by atomic mass is 10.1. The molecule has 1 saturated heterocycles. The van der Waals surface area contributed by atoms with Crippen molar-refractivity contribution in [1.82, 2.24) is 10.0 Å². The molecule has 1 atom stereocenters. The minimum absolute atomic E-state index is 0.00679. The van der Waals surface area contributed by atoms with Gasteiger partial charge in [0.15, 0.2) is 9.84 Å². The highest BCUT2D eigenvalue weighted by Crippen LogP contribution is 2.14. The molecule has 1 rings (SSSR count). The van der Waals surface area contributed by atoms with Crippen LogP contribution in [0.5, 0.6) is 0 Å². The number of hydrogen-bond acceptors (Lipinski definition) is 5. The van der Waals surface area contributed by atoms with Gasteiger partial charge in [0.25, 0.3) is 0 Å². The number of piperidine rings is 1. The summed E-state index contributed by atoms with van der Waals surface area (Å²) in [5.41, 5.74) is 0. The summed E-state index contributed by atoms with van der Waals surface area (Å²) in [6.45, 7) is 3.78. The smallest absolute Gasteiger partial charge is 0.213 e. The van der Waals surface area contributed by atoms with E-state index in [-0.39, 0.29) is 18.3 Å². The van der Waals surface area contributed by atoms with Gasteiger partial charge in [0.05, 0.1) is 10.5 Å². The highest BCUT2D eigenvalue weighted by atomic mass is 32.2. The molecule has 0 radical (unpaired) electrons. The minimum atomic E-state index is -3.45. The second-order valence-corrected chi connectivity index (χ2v) is 10.3. The van der Waals surface area contributed by atoms with Gasteiger partial charge in [0.2, 0.25) is 10.0 Å². The molecule has 0 aromatic rings. The molecule has 1 fully saturated rings. The largest absolute Gasteiger partial charge is 0.313 e. The molecule has 1 aliphatic rings. The third-order valence-electron chi connectivity index (χ3n) is 3.55. The van der Waals surface area contributed by atoms with E-state index in [0.717, 1.165) is 32.1 Å². The van der Waals surface area contributed by atoms with Gasteiger partial charge in [-0.05, 0) is 33.2 Å². The third kappa shape index (κ3) is 5.37. The van der Waals surface area contributed by atoms with Crippen LogP contribution in [-0.2, 0) is 19.9 Å². The van der Waals surface area contributed by atoms with Gasteiger partial charge in [-0.3, -0.25) is 0 Å². The monoisotopic (exact) mass is 312 g/mol. The second kappa shape index (κ2) is 6.07. The lowest BCUT2D eigenvalue weighted by molar-refractivity contribution is 0.422. The third-order valence-corrected chi connectivity index (χ3v) is 7.13. The van der Waals surface area contributed by atoms with E-state index in [2.05, 4.69) is 10.0 Å². The molecule has 0 spiro atoms. The van der Waals surface area contributed by atoms with E-state index >= 15 is 0 Å². The Morgan fingerprint density at radius 3 is 2.32 bits per heavy atom. The van der Waals surface area contributed by atoms with Crippen LogP contribution in [0.25, 0.3) is 0 Å². The quantitative estimate of drug-likeness (QED) is 0.713. The maximum Gasteiger partial charge on any atom is 0.213 e. The molecule has 1 heterocycles. The fraction of sp³-hybridized carbons (Fsp3) is 1.00. The fourth-order valence-corrected chi connectivity index (χ4v) is 3.74. The van der Waals surface area contributed by atoms with E-state index in [4.69, 9.17) is 0 Å². The van der Waals surface area contributed by atoms with E-state index < -0.39 is 24.6 Å². The van der Waals surface area contributed by atoms with Crippen LogP contribution < -0.4 is 10.0 Å². The molecule has 1 aliphatic heterocycles. The van der Waals surface area contributed by atoms with Crippen molar-refractivity contribution in [2.45, 2.75) is 43.9 Å². The van der Waals surface area contributed by atoms with Crippen LogP contribution >= 0.6 is 0 Å². The first-order valence-corrected chi connectivity index (χ1v) is 9.98. The van der Waals surface area contributed by atoms with Gasteiger partial charge in [-0.2, -0.15) is 0 Å². The molecule has 6 nitrogen and oxygen atoms in total. The average molecular weight is 312 g/mol. The predicted molar refractivity (Wildman–Crippen MR) is 76.4 cm³/mol. The zero-order valence-electron chi connectivity index (χ0n) is 11.8. The molecule has 114 valence electrons. The predicted octanol–water partition coefficient (Wildman–Crippen LogP) is -0.129. The van der Waals surface area contributed by atoms with Crippen LogP contribution in [0.15, 0.2) is 0 Å². The van der Waals surface area contributed by atoms with Crippen LogP contribution in [0.4, 0.5) is 0 Å². The molecule has 8 heteroatoms. The Hall–Kier alpha value is -0.180. The molecule has 0 amide bonds. The van der Waals surface area contributed by atoms with Crippen LogP contribution in [0.2, 0.25) is 0 Å². The van der Waals surface area contributed by atoms with Crippen molar-refractivity contribution < 1.29 is 16.8 Å². The van der Waals surface area contributed by atoms with Gasteiger partial charge in [0.1, 0.15) is 0 Å². The van der Waals surface area contributed by atoms with Crippen molar-refractivity contribution in [3.63, 3.8) is 0 Å². The summed E-state index contributed by atoms with van der Waals surface area (Å²) in [4.78, 5) is 0. The first-order chi connectivity index (χ1) is 8.54. The number of hydrogen-bond donors (Lipinski definition) is 2. The second-order valence-electron chi connectivity index (χ2n) is 5.78. The Balaban J connectivity index is 2.55. The van der Waals surface area contributed by atoms with Gasteiger partial charge in [-0.15, -0.1) is 0 Å². The molecule has 0 bridgehead atoms. The van der Waals surface area contributed by atoms with Crippen molar-refractivity contribution in [2.24, 2.45) is 0 Å². The van der Waals surface area contributed by atoms with Gasteiger partial charge >= 0.3 is 0 Å². The summed E-state index contributed by atoms with van der Waals surface area (Å²) in [7, 11) is -6.75. The summed E-state index contributed by atoms with van der Waals surface area (Å²) in [5, 5.41) is 3.17. The Kier molecular flexibility index (Phi) is 5.39. The Morgan fingerprint density at radius 2 is 1.84 bits per heavy atom. The molecule has 0 aromatic carbocycles. The number of sulfonamides is 1. The first kappa shape index (κ1) is 16.9. The van der Waals surface area contributed by atoms with Crippen molar-refractivity contribution >= 4 is 19.9 Å². The maximum atomic E-state index is 11.9. The van der Waals surface area contributed by atoms with E-state index in [9.17, 15) is 16.8 Å². The summed E-state index contributed by atoms with van der Waals surface area (Å²) in [6, 6.07) is -0.0346. The van der Waals surface area contributed by atoms with Gasteiger partial charge in [-0.1, -0.05) is 6.42 Å². The topological polar surface area (TPSA) is 92.3 Å². The van der Waals surface area contributed by atoms with Crippen LogP contribution in [0, 0.1) is 0 Å². The highest BCUT2D eigenvalue weighted by Gasteiger charge is 2.32. The first-order valence-electron chi connectivity index (χ1n) is 6.44. The van der Waals surface area contributed by atoms with Crippen molar-refractivity contribution in [2.75, 3.05) is 25.1 Å². The molecule has 0 saturated carbocycles.